The van der Waals surface area contributed by atoms with Crippen molar-refractivity contribution in [3.05, 3.63) is 54.1 Å². The van der Waals surface area contributed by atoms with Crippen molar-refractivity contribution in [2.24, 2.45) is 23.7 Å². The zero-order valence-electron chi connectivity index (χ0n) is 25.4. The van der Waals surface area contributed by atoms with Gasteiger partial charge in [0.2, 0.25) is 27.7 Å². The molecule has 2 aromatic carbocycles. The average Bonchev–Trinajstić information content (AvgIpc) is 3.34. The van der Waals surface area contributed by atoms with Crippen LogP contribution in [-0.4, -0.2) is 68.1 Å². The first-order chi connectivity index (χ1) is 19.8. The highest BCUT2D eigenvalue weighted by molar-refractivity contribution is 7.89. The van der Waals surface area contributed by atoms with E-state index in [9.17, 15) is 22.8 Å². The predicted octanol–water partition coefficient (Wildman–Crippen LogP) is 4.53. The Morgan fingerprint density at radius 2 is 1.48 bits per heavy atom. The average molecular weight is 597 g/mol. The number of piperidine rings is 1. The smallest absolute Gasteiger partial charge is 0.243 e. The molecule has 228 valence electrons. The van der Waals surface area contributed by atoms with E-state index in [0.29, 0.717) is 51.3 Å². The maximum atomic E-state index is 13.3. The minimum Gasteiger partial charge on any atom is -0.342 e. The van der Waals surface area contributed by atoms with E-state index in [2.05, 4.69) is 5.32 Å². The van der Waals surface area contributed by atoms with Gasteiger partial charge in [0.15, 0.2) is 0 Å². The number of hydrogen-bond acceptors (Lipinski definition) is 5. The van der Waals surface area contributed by atoms with Gasteiger partial charge in [-0.2, -0.15) is 4.31 Å². The molecule has 0 aromatic heterocycles. The van der Waals surface area contributed by atoms with Crippen LogP contribution >= 0.6 is 0 Å². The summed E-state index contributed by atoms with van der Waals surface area (Å²) in [6.07, 6.45) is 1.27. The van der Waals surface area contributed by atoms with E-state index in [0.717, 1.165) is 11.3 Å². The number of hydrogen-bond donors (Lipinski definition) is 1. The molecule has 3 amide bonds. The van der Waals surface area contributed by atoms with Gasteiger partial charge in [-0.15, -0.1) is 0 Å². The van der Waals surface area contributed by atoms with E-state index >= 15 is 0 Å². The van der Waals surface area contributed by atoms with Gasteiger partial charge >= 0.3 is 0 Å². The van der Waals surface area contributed by atoms with Gasteiger partial charge in [0.25, 0.3) is 0 Å². The molecule has 1 N–H and O–H groups in total. The molecule has 1 atom stereocenters. The SMILES string of the molecule is Cc1ccc(N2CC(C(=O)N3CCC(C(=O)Nc4ccc(S(=O)(=O)N(CC(C)C)CC(C)C)cc4)CC3)CC2=O)cc1. The zero-order chi connectivity index (χ0) is 30.6. The lowest BCUT2D eigenvalue weighted by atomic mass is 9.94. The molecule has 0 aliphatic carbocycles. The molecule has 2 heterocycles. The van der Waals surface area contributed by atoms with Crippen molar-refractivity contribution in [2.45, 2.75) is 58.8 Å². The first-order valence-corrected chi connectivity index (χ1v) is 16.4. The summed E-state index contributed by atoms with van der Waals surface area (Å²) < 4.78 is 28.1. The summed E-state index contributed by atoms with van der Waals surface area (Å²) in [5.74, 6) is -0.438. The topological polar surface area (TPSA) is 107 Å². The molecule has 2 aliphatic heterocycles. The summed E-state index contributed by atoms with van der Waals surface area (Å²) in [5, 5.41) is 2.91. The monoisotopic (exact) mass is 596 g/mol. The van der Waals surface area contributed by atoms with Gasteiger partial charge in [-0.3, -0.25) is 14.4 Å². The van der Waals surface area contributed by atoms with Crippen LogP contribution in [0.15, 0.2) is 53.4 Å². The summed E-state index contributed by atoms with van der Waals surface area (Å²) >= 11 is 0. The number of rotatable bonds is 10. The third-order valence-corrected chi connectivity index (χ3v) is 9.74. The number of nitrogens with zero attached hydrogens (tertiary/aromatic N) is 3. The number of carbonyl (C=O) groups excluding carboxylic acids is 3. The summed E-state index contributed by atoms with van der Waals surface area (Å²) in [4.78, 5) is 42.5. The Bertz CT molecular complexity index is 1350. The second-order valence-electron chi connectivity index (χ2n) is 12.5. The molecule has 9 nitrogen and oxygen atoms in total. The van der Waals surface area contributed by atoms with E-state index in [1.54, 1.807) is 34.1 Å². The van der Waals surface area contributed by atoms with Crippen molar-refractivity contribution in [3.63, 3.8) is 0 Å². The normalized spacial score (nSPS) is 18.4. The van der Waals surface area contributed by atoms with Gasteiger partial charge < -0.3 is 15.1 Å². The van der Waals surface area contributed by atoms with Crippen LogP contribution < -0.4 is 10.2 Å². The molecule has 4 rings (SSSR count). The third kappa shape index (κ3) is 7.58. The van der Waals surface area contributed by atoms with Crippen molar-refractivity contribution in [3.8, 4) is 0 Å². The lowest BCUT2D eigenvalue weighted by molar-refractivity contribution is -0.138. The van der Waals surface area contributed by atoms with Gasteiger partial charge in [0, 0.05) is 56.4 Å². The van der Waals surface area contributed by atoms with Crippen LogP contribution in [0.4, 0.5) is 11.4 Å². The van der Waals surface area contributed by atoms with Gasteiger partial charge in [0.05, 0.1) is 10.8 Å². The van der Waals surface area contributed by atoms with E-state index in [1.165, 1.54) is 4.31 Å². The maximum Gasteiger partial charge on any atom is 0.243 e. The molecule has 1 unspecified atom stereocenters. The van der Waals surface area contributed by atoms with Crippen LogP contribution in [0.25, 0.3) is 0 Å². The van der Waals surface area contributed by atoms with E-state index in [1.807, 2.05) is 58.9 Å². The highest BCUT2D eigenvalue weighted by atomic mass is 32.2. The van der Waals surface area contributed by atoms with Crippen LogP contribution in [0.2, 0.25) is 0 Å². The third-order valence-electron chi connectivity index (χ3n) is 7.89. The van der Waals surface area contributed by atoms with Crippen LogP contribution in [0.3, 0.4) is 0 Å². The van der Waals surface area contributed by atoms with Gasteiger partial charge in [-0.05, 0) is 68.0 Å². The Balaban J connectivity index is 1.29. The summed E-state index contributed by atoms with van der Waals surface area (Å²) in [7, 11) is -3.64. The van der Waals surface area contributed by atoms with Gasteiger partial charge in [-0.25, -0.2) is 8.42 Å². The summed E-state index contributed by atoms with van der Waals surface area (Å²) in [5.41, 5.74) is 2.46. The molecule has 0 saturated carbocycles. The number of amides is 3. The molecule has 10 heteroatoms. The minimum absolute atomic E-state index is 0.0300. The largest absolute Gasteiger partial charge is 0.342 e. The molecular formula is C32H44N4O5S. The zero-order valence-corrected chi connectivity index (χ0v) is 26.2. The van der Waals surface area contributed by atoms with Crippen molar-refractivity contribution >= 4 is 39.1 Å². The van der Waals surface area contributed by atoms with Crippen LogP contribution in [0.1, 0.15) is 52.5 Å². The van der Waals surface area contributed by atoms with Gasteiger partial charge in [0.1, 0.15) is 0 Å². The van der Waals surface area contributed by atoms with Crippen molar-refractivity contribution in [1.29, 1.82) is 0 Å². The Hall–Kier alpha value is -3.24. The Labute approximate surface area is 250 Å². The molecule has 0 bridgehead atoms. The van der Waals surface area contributed by atoms with Crippen LogP contribution in [-0.2, 0) is 24.4 Å². The lowest BCUT2D eigenvalue weighted by Gasteiger charge is -2.33. The highest BCUT2D eigenvalue weighted by Crippen LogP contribution is 2.29. The van der Waals surface area contributed by atoms with E-state index in [-0.39, 0.29) is 52.7 Å². The number of carbonyl (C=O) groups is 3. The Morgan fingerprint density at radius 3 is 2.02 bits per heavy atom. The minimum atomic E-state index is -3.64. The molecule has 2 fully saturated rings. The fraction of sp³-hybridized carbons (Fsp3) is 0.531. The second-order valence-corrected chi connectivity index (χ2v) is 14.4. The molecule has 42 heavy (non-hydrogen) atoms. The molecule has 0 radical (unpaired) electrons. The first kappa shape index (κ1) is 31.7. The summed E-state index contributed by atoms with van der Waals surface area (Å²) in [6, 6.07) is 14.1. The second kappa shape index (κ2) is 13.4. The quantitative estimate of drug-likeness (QED) is 0.434. The lowest BCUT2D eigenvalue weighted by Crippen LogP contribution is -2.44. The molecule has 2 aromatic rings. The number of nitrogens with one attached hydrogen (secondary N) is 1. The number of benzene rings is 2. The first-order valence-electron chi connectivity index (χ1n) is 14.9. The predicted molar refractivity (Wildman–Crippen MR) is 164 cm³/mol. The standard InChI is InChI=1S/C32H44N4O5S/c1-22(2)19-35(20-23(3)4)42(40,41)29-12-8-27(9-13-29)33-31(38)25-14-16-34(17-15-25)32(39)26-18-30(37)36(21-26)28-10-6-24(5)7-11-28/h6-13,22-23,25-26H,14-21H2,1-5H3,(H,33,38). The van der Waals surface area contributed by atoms with E-state index in [4.69, 9.17) is 0 Å². The number of likely N-dealkylation sites (tertiary alicyclic amines) is 1. The number of anilines is 2. The number of sulfonamides is 1. The number of aryl methyl sites for hydroxylation is 1. The van der Waals surface area contributed by atoms with Crippen molar-refractivity contribution in [2.75, 3.05) is 42.9 Å². The fourth-order valence-electron chi connectivity index (χ4n) is 5.66. The molecule has 2 aliphatic rings. The molecule has 0 spiro atoms. The maximum absolute atomic E-state index is 13.3. The van der Waals surface area contributed by atoms with Crippen LogP contribution in [0.5, 0.6) is 0 Å². The fourth-order valence-corrected chi connectivity index (χ4v) is 7.42. The Morgan fingerprint density at radius 1 is 0.905 bits per heavy atom. The van der Waals surface area contributed by atoms with E-state index < -0.39 is 10.0 Å². The van der Waals surface area contributed by atoms with Crippen molar-refractivity contribution in [1.82, 2.24) is 9.21 Å². The molecule has 2 saturated heterocycles. The van der Waals surface area contributed by atoms with Crippen LogP contribution in [0, 0.1) is 30.6 Å². The molecular weight excluding hydrogens is 552 g/mol. The highest BCUT2D eigenvalue weighted by Gasteiger charge is 2.38. The Kier molecular flexibility index (Phi) is 10.1. The van der Waals surface area contributed by atoms with Crippen molar-refractivity contribution < 1.29 is 22.8 Å². The van der Waals surface area contributed by atoms with Gasteiger partial charge in [-0.1, -0.05) is 45.4 Å². The summed E-state index contributed by atoms with van der Waals surface area (Å²) in [6.45, 7) is 12.2.